The average molecular weight is 198 g/mol. The molecule has 1 rings (SSSR count). The maximum atomic E-state index is 11.8. The summed E-state index contributed by atoms with van der Waals surface area (Å²) in [6.07, 6.45) is 2.83. The average Bonchev–Trinajstić information content (AvgIpc) is 2.18. The Labute approximate surface area is 86.9 Å². The zero-order valence-electron chi connectivity index (χ0n) is 9.55. The molecule has 2 atom stereocenters. The SMILES string of the molecule is CCCCC(=O)N1CC(C)NCC1C. The zero-order valence-corrected chi connectivity index (χ0v) is 9.55. The van der Waals surface area contributed by atoms with Crippen LogP contribution in [0.1, 0.15) is 40.0 Å². The Morgan fingerprint density at radius 1 is 1.50 bits per heavy atom. The molecule has 1 amide bonds. The minimum absolute atomic E-state index is 0.327. The summed E-state index contributed by atoms with van der Waals surface area (Å²) >= 11 is 0. The highest BCUT2D eigenvalue weighted by molar-refractivity contribution is 5.76. The Morgan fingerprint density at radius 2 is 2.21 bits per heavy atom. The van der Waals surface area contributed by atoms with Gasteiger partial charge >= 0.3 is 0 Å². The van der Waals surface area contributed by atoms with Crippen LogP contribution in [0.3, 0.4) is 0 Å². The van der Waals surface area contributed by atoms with E-state index in [2.05, 4.69) is 26.1 Å². The third-order valence-electron chi connectivity index (χ3n) is 2.83. The van der Waals surface area contributed by atoms with Gasteiger partial charge in [-0.2, -0.15) is 0 Å². The molecule has 1 aliphatic heterocycles. The van der Waals surface area contributed by atoms with E-state index in [0.717, 1.165) is 25.9 Å². The van der Waals surface area contributed by atoms with Gasteiger partial charge in [0.25, 0.3) is 0 Å². The van der Waals surface area contributed by atoms with E-state index in [-0.39, 0.29) is 0 Å². The van der Waals surface area contributed by atoms with Crippen molar-refractivity contribution in [1.29, 1.82) is 0 Å². The zero-order chi connectivity index (χ0) is 10.6. The lowest BCUT2D eigenvalue weighted by Crippen LogP contribution is -2.56. The van der Waals surface area contributed by atoms with Crippen LogP contribution in [0.25, 0.3) is 0 Å². The summed E-state index contributed by atoms with van der Waals surface area (Å²) in [7, 11) is 0. The van der Waals surface area contributed by atoms with Gasteiger partial charge in [-0.25, -0.2) is 0 Å². The van der Waals surface area contributed by atoms with Crippen LogP contribution in [-0.2, 0) is 4.79 Å². The monoisotopic (exact) mass is 198 g/mol. The van der Waals surface area contributed by atoms with Gasteiger partial charge in [-0.05, 0) is 20.3 Å². The third kappa shape index (κ3) is 2.98. The molecule has 1 aliphatic rings. The van der Waals surface area contributed by atoms with E-state index in [1.165, 1.54) is 0 Å². The standard InChI is InChI=1S/C11H22N2O/c1-4-5-6-11(14)13-8-9(2)12-7-10(13)3/h9-10,12H,4-8H2,1-3H3. The van der Waals surface area contributed by atoms with Gasteiger partial charge in [0.1, 0.15) is 0 Å². The van der Waals surface area contributed by atoms with E-state index in [1.54, 1.807) is 0 Å². The highest BCUT2D eigenvalue weighted by Gasteiger charge is 2.25. The van der Waals surface area contributed by atoms with E-state index in [0.29, 0.717) is 24.4 Å². The smallest absolute Gasteiger partial charge is 0.222 e. The summed E-state index contributed by atoms with van der Waals surface area (Å²) in [5, 5.41) is 3.38. The quantitative estimate of drug-likeness (QED) is 0.743. The molecule has 1 heterocycles. The third-order valence-corrected chi connectivity index (χ3v) is 2.83. The molecular weight excluding hydrogens is 176 g/mol. The van der Waals surface area contributed by atoms with E-state index >= 15 is 0 Å². The van der Waals surface area contributed by atoms with Crippen molar-refractivity contribution in [2.45, 2.75) is 52.1 Å². The topological polar surface area (TPSA) is 32.3 Å². The van der Waals surface area contributed by atoms with Crippen LogP contribution < -0.4 is 5.32 Å². The molecule has 0 aromatic rings. The predicted octanol–water partition coefficient (Wildman–Crippen LogP) is 1.39. The number of hydrogen-bond donors (Lipinski definition) is 1. The Balaban J connectivity index is 2.43. The van der Waals surface area contributed by atoms with E-state index < -0.39 is 0 Å². The van der Waals surface area contributed by atoms with Gasteiger partial charge in [0.2, 0.25) is 5.91 Å². The molecule has 0 saturated carbocycles. The van der Waals surface area contributed by atoms with Crippen molar-refractivity contribution in [1.82, 2.24) is 10.2 Å². The number of carbonyl (C=O) groups excluding carboxylic acids is 1. The Hall–Kier alpha value is -0.570. The van der Waals surface area contributed by atoms with Crippen molar-refractivity contribution >= 4 is 5.91 Å². The molecular formula is C11H22N2O. The van der Waals surface area contributed by atoms with Gasteiger partial charge in [-0.15, -0.1) is 0 Å². The van der Waals surface area contributed by atoms with Crippen LogP contribution in [0.15, 0.2) is 0 Å². The first-order chi connectivity index (χ1) is 6.65. The Kier molecular flexibility index (Phi) is 4.39. The summed E-state index contributed by atoms with van der Waals surface area (Å²) in [6, 6.07) is 0.798. The largest absolute Gasteiger partial charge is 0.337 e. The lowest BCUT2D eigenvalue weighted by molar-refractivity contribution is -0.134. The van der Waals surface area contributed by atoms with Crippen molar-refractivity contribution in [3.8, 4) is 0 Å². The lowest BCUT2D eigenvalue weighted by Gasteiger charge is -2.37. The van der Waals surface area contributed by atoms with Gasteiger partial charge in [0, 0.05) is 31.6 Å². The fraction of sp³-hybridized carbons (Fsp3) is 0.909. The molecule has 1 saturated heterocycles. The molecule has 82 valence electrons. The fourth-order valence-electron chi connectivity index (χ4n) is 1.84. The fourth-order valence-corrected chi connectivity index (χ4v) is 1.84. The molecule has 0 aliphatic carbocycles. The number of piperazine rings is 1. The van der Waals surface area contributed by atoms with E-state index in [1.807, 2.05) is 4.90 Å². The van der Waals surface area contributed by atoms with Gasteiger partial charge in [0.15, 0.2) is 0 Å². The molecule has 0 aromatic carbocycles. The van der Waals surface area contributed by atoms with Gasteiger partial charge in [0.05, 0.1) is 0 Å². The van der Waals surface area contributed by atoms with Crippen LogP contribution in [0.4, 0.5) is 0 Å². The van der Waals surface area contributed by atoms with Gasteiger partial charge < -0.3 is 10.2 Å². The number of nitrogens with zero attached hydrogens (tertiary/aromatic N) is 1. The number of rotatable bonds is 3. The second-order valence-corrected chi connectivity index (χ2v) is 4.31. The summed E-state index contributed by atoms with van der Waals surface area (Å²) in [5.41, 5.74) is 0. The van der Waals surface area contributed by atoms with Crippen molar-refractivity contribution < 1.29 is 4.79 Å². The van der Waals surface area contributed by atoms with Crippen LogP contribution in [-0.4, -0.2) is 36.0 Å². The maximum absolute atomic E-state index is 11.8. The Bertz CT molecular complexity index is 194. The summed E-state index contributed by atoms with van der Waals surface area (Å²) in [4.78, 5) is 13.8. The van der Waals surface area contributed by atoms with Crippen LogP contribution >= 0.6 is 0 Å². The van der Waals surface area contributed by atoms with Crippen molar-refractivity contribution in [3.63, 3.8) is 0 Å². The molecule has 0 radical (unpaired) electrons. The molecule has 14 heavy (non-hydrogen) atoms. The summed E-state index contributed by atoms with van der Waals surface area (Å²) in [5.74, 6) is 0.327. The molecule has 3 heteroatoms. The second-order valence-electron chi connectivity index (χ2n) is 4.31. The molecule has 0 spiro atoms. The molecule has 1 N–H and O–H groups in total. The number of amides is 1. The van der Waals surface area contributed by atoms with Gasteiger partial charge in [-0.3, -0.25) is 4.79 Å². The highest BCUT2D eigenvalue weighted by Crippen LogP contribution is 2.10. The highest BCUT2D eigenvalue weighted by atomic mass is 16.2. The van der Waals surface area contributed by atoms with E-state index in [4.69, 9.17) is 0 Å². The predicted molar refractivity (Wildman–Crippen MR) is 58.2 cm³/mol. The number of carbonyl (C=O) groups is 1. The normalized spacial score (nSPS) is 27.8. The molecule has 3 nitrogen and oxygen atoms in total. The first kappa shape index (κ1) is 11.5. The molecule has 0 bridgehead atoms. The Morgan fingerprint density at radius 3 is 2.86 bits per heavy atom. The first-order valence-electron chi connectivity index (χ1n) is 5.68. The van der Waals surface area contributed by atoms with Crippen molar-refractivity contribution in [2.75, 3.05) is 13.1 Å². The van der Waals surface area contributed by atoms with Crippen molar-refractivity contribution in [3.05, 3.63) is 0 Å². The second kappa shape index (κ2) is 5.35. The lowest BCUT2D eigenvalue weighted by atomic mass is 10.1. The summed E-state index contributed by atoms with van der Waals surface area (Å²) in [6.45, 7) is 8.16. The molecule has 1 fully saturated rings. The minimum atomic E-state index is 0.327. The van der Waals surface area contributed by atoms with Crippen molar-refractivity contribution in [2.24, 2.45) is 0 Å². The molecule has 0 aromatic heterocycles. The van der Waals surface area contributed by atoms with Gasteiger partial charge in [-0.1, -0.05) is 13.3 Å². The first-order valence-corrected chi connectivity index (χ1v) is 5.68. The number of nitrogens with one attached hydrogen (secondary N) is 1. The number of hydrogen-bond acceptors (Lipinski definition) is 2. The summed E-state index contributed by atoms with van der Waals surface area (Å²) < 4.78 is 0. The number of unbranched alkanes of at least 4 members (excludes halogenated alkanes) is 1. The van der Waals surface area contributed by atoms with Crippen LogP contribution in [0.5, 0.6) is 0 Å². The van der Waals surface area contributed by atoms with E-state index in [9.17, 15) is 4.79 Å². The van der Waals surface area contributed by atoms with Crippen LogP contribution in [0, 0.1) is 0 Å². The minimum Gasteiger partial charge on any atom is -0.337 e. The molecule has 2 unspecified atom stereocenters. The van der Waals surface area contributed by atoms with Crippen LogP contribution in [0.2, 0.25) is 0 Å². The maximum Gasteiger partial charge on any atom is 0.222 e.